The SMILES string of the molecule is C/C(=C\CO)[C@H](O)CCC(C)(C)O. The van der Waals surface area contributed by atoms with Gasteiger partial charge in [-0.1, -0.05) is 6.08 Å². The minimum Gasteiger partial charge on any atom is -0.392 e. The molecular weight excluding hydrogens is 168 g/mol. The zero-order chi connectivity index (χ0) is 10.5. The van der Waals surface area contributed by atoms with Crippen molar-refractivity contribution in [2.75, 3.05) is 6.61 Å². The van der Waals surface area contributed by atoms with Crippen molar-refractivity contribution in [1.29, 1.82) is 0 Å². The lowest BCUT2D eigenvalue weighted by Gasteiger charge is -2.19. The summed E-state index contributed by atoms with van der Waals surface area (Å²) >= 11 is 0. The number of rotatable bonds is 5. The molecule has 1 atom stereocenters. The number of hydrogen-bond donors (Lipinski definition) is 3. The Hall–Kier alpha value is -0.380. The quantitative estimate of drug-likeness (QED) is 0.560. The van der Waals surface area contributed by atoms with Crippen molar-refractivity contribution in [1.82, 2.24) is 0 Å². The average Bonchev–Trinajstić information content (AvgIpc) is 1.99. The summed E-state index contributed by atoms with van der Waals surface area (Å²) in [7, 11) is 0. The Morgan fingerprint density at radius 3 is 2.38 bits per heavy atom. The van der Waals surface area contributed by atoms with E-state index >= 15 is 0 Å². The highest BCUT2D eigenvalue weighted by atomic mass is 16.3. The monoisotopic (exact) mass is 188 g/mol. The Labute approximate surface area is 79.7 Å². The molecule has 0 unspecified atom stereocenters. The first-order chi connectivity index (χ1) is 5.87. The second-order valence-electron chi connectivity index (χ2n) is 4.00. The third-order valence-corrected chi connectivity index (χ3v) is 1.97. The molecule has 78 valence electrons. The Morgan fingerprint density at radius 2 is 2.00 bits per heavy atom. The van der Waals surface area contributed by atoms with Crippen LogP contribution in [0, 0.1) is 0 Å². The van der Waals surface area contributed by atoms with Crippen LogP contribution in [0.4, 0.5) is 0 Å². The van der Waals surface area contributed by atoms with E-state index in [0.717, 1.165) is 5.57 Å². The van der Waals surface area contributed by atoms with Crippen LogP contribution >= 0.6 is 0 Å². The van der Waals surface area contributed by atoms with Crippen LogP contribution < -0.4 is 0 Å². The van der Waals surface area contributed by atoms with Gasteiger partial charge in [0.1, 0.15) is 0 Å². The molecule has 0 radical (unpaired) electrons. The molecule has 0 aliphatic rings. The first kappa shape index (κ1) is 12.6. The standard InChI is InChI=1S/C10H20O3/c1-8(5-7-11)9(12)4-6-10(2,3)13/h5,9,11-13H,4,6-7H2,1-3H3/b8-5+/t9-/m1/s1. The molecule has 0 aliphatic carbocycles. The van der Waals surface area contributed by atoms with Crippen molar-refractivity contribution in [3.63, 3.8) is 0 Å². The molecule has 0 aromatic heterocycles. The Morgan fingerprint density at radius 1 is 1.46 bits per heavy atom. The second kappa shape index (κ2) is 5.37. The maximum Gasteiger partial charge on any atom is 0.0749 e. The van der Waals surface area contributed by atoms with Gasteiger partial charge in [-0.3, -0.25) is 0 Å². The van der Waals surface area contributed by atoms with E-state index in [1.165, 1.54) is 0 Å². The Bertz CT molecular complexity index is 167. The van der Waals surface area contributed by atoms with E-state index in [9.17, 15) is 10.2 Å². The van der Waals surface area contributed by atoms with Gasteiger partial charge in [0, 0.05) is 0 Å². The zero-order valence-corrected chi connectivity index (χ0v) is 8.62. The van der Waals surface area contributed by atoms with Crippen LogP contribution in [0.5, 0.6) is 0 Å². The summed E-state index contributed by atoms with van der Waals surface area (Å²) in [4.78, 5) is 0. The van der Waals surface area contributed by atoms with E-state index in [0.29, 0.717) is 12.8 Å². The summed E-state index contributed by atoms with van der Waals surface area (Å²) in [5.74, 6) is 0. The highest BCUT2D eigenvalue weighted by Crippen LogP contribution is 2.15. The summed E-state index contributed by atoms with van der Waals surface area (Å²) in [5.41, 5.74) is 0.0206. The molecule has 0 heterocycles. The minimum absolute atomic E-state index is 0.0502. The van der Waals surface area contributed by atoms with Gasteiger partial charge < -0.3 is 15.3 Å². The van der Waals surface area contributed by atoms with Crippen LogP contribution in [0.15, 0.2) is 11.6 Å². The van der Waals surface area contributed by atoms with Gasteiger partial charge in [0.15, 0.2) is 0 Å². The van der Waals surface area contributed by atoms with E-state index < -0.39 is 11.7 Å². The van der Waals surface area contributed by atoms with Crippen LogP contribution in [-0.2, 0) is 0 Å². The highest BCUT2D eigenvalue weighted by Gasteiger charge is 2.15. The smallest absolute Gasteiger partial charge is 0.0749 e. The van der Waals surface area contributed by atoms with Crippen LogP contribution in [0.25, 0.3) is 0 Å². The number of hydrogen-bond acceptors (Lipinski definition) is 3. The molecular formula is C10H20O3. The number of aliphatic hydroxyl groups excluding tert-OH is 2. The molecule has 0 spiro atoms. The lowest BCUT2D eigenvalue weighted by Crippen LogP contribution is -2.22. The molecule has 0 bridgehead atoms. The summed E-state index contributed by atoms with van der Waals surface area (Å²) in [6, 6.07) is 0. The van der Waals surface area contributed by atoms with Crippen molar-refractivity contribution in [3.05, 3.63) is 11.6 Å². The predicted octanol–water partition coefficient (Wildman–Crippen LogP) is 0.837. The third-order valence-electron chi connectivity index (χ3n) is 1.97. The molecule has 0 aromatic rings. The summed E-state index contributed by atoms with van der Waals surface area (Å²) in [5, 5.41) is 27.5. The number of aliphatic hydroxyl groups is 3. The zero-order valence-electron chi connectivity index (χ0n) is 8.62. The summed E-state index contributed by atoms with van der Waals surface area (Å²) in [6.07, 6.45) is 2.09. The van der Waals surface area contributed by atoms with Gasteiger partial charge in [-0.25, -0.2) is 0 Å². The van der Waals surface area contributed by atoms with Crippen LogP contribution in [0.2, 0.25) is 0 Å². The second-order valence-corrected chi connectivity index (χ2v) is 4.00. The fraction of sp³-hybridized carbons (Fsp3) is 0.800. The molecule has 0 aliphatic heterocycles. The molecule has 0 rings (SSSR count). The molecule has 3 heteroatoms. The molecule has 0 aromatic carbocycles. The summed E-state index contributed by atoms with van der Waals surface area (Å²) in [6.45, 7) is 5.15. The largest absolute Gasteiger partial charge is 0.392 e. The third kappa shape index (κ3) is 6.75. The fourth-order valence-corrected chi connectivity index (χ4v) is 0.998. The lowest BCUT2D eigenvalue weighted by atomic mass is 9.97. The molecule has 0 saturated heterocycles. The van der Waals surface area contributed by atoms with E-state index in [2.05, 4.69) is 0 Å². The first-order valence-electron chi connectivity index (χ1n) is 4.55. The topological polar surface area (TPSA) is 60.7 Å². The molecule has 13 heavy (non-hydrogen) atoms. The molecule has 0 fully saturated rings. The maximum atomic E-state index is 9.52. The normalized spacial score (nSPS) is 16.0. The van der Waals surface area contributed by atoms with E-state index in [1.807, 2.05) is 0 Å². The van der Waals surface area contributed by atoms with Gasteiger partial charge >= 0.3 is 0 Å². The highest BCUT2D eigenvalue weighted by molar-refractivity contribution is 5.04. The lowest BCUT2D eigenvalue weighted by molar-refractivity contribution is 0.0543. The predicted molar refractivity (Wildman–Crippen MR) is 52.4 cm³/mol. The van der Waals surface area contributed by atoms with Crippen molar-refractivity contribution >= 4 is 0 Å². The van der Waals surface area contributed by atoms with Crippen molar-refractivity contribution in [2.24, 2.45) is 0 Å². The van der Waals surface area contributed by atoms with Crippen molar-refractivity contribution in [3.8, 4) is 0 Å². The van der Waals surface area contributed by atoms with Gasteiger partial charge in [0.05, 0.1) is 18.3 Å². The van der Waals surface area contributed by atoms with Gasteiger partial charge in [-0.05, 0) is 39.2 Å². The van der Waals surface area contributed by atoms with Crippen molar-refractivity contribution < 1.29 is 15.3 Å². The van der Waals surface area contributed by atoms with Gasteiger partial charge in [0.2, 0.25) is 0 Å². The molecule has 3 nitrogen and oxygen atoms in total. The van der Waals surface area contributed by atoms with Crippen molar-refractivity contribution in [2.45, 2.75) is 45.3 Å². The first-order valence-corrected chi connectivity index (χ1v) is 4.55. The molecule has 0 saturated carbocycles. The van der Waals surface area contributed by atoms with Crippen LogP contribution in [0.3, 0.4) is 0 Å². The van der Waals surface area contributed by atoms with Gasteiger partial charge in [0.25, 0.3) is 0 Å². The average molecular weight is 188 g/mol. The Balaban J connectivity index is 3.88. The summed E-state index contributed by atoms with van der Waals surface area (Å²) < 4.78 is 0. The fourth-order valence-electron chi connectivity index (χ4n) is 0.998. The maximum absolute atomic E-state index is 9.52. The van der Waals surface area contributed by atoms with E-state index in [-0.39, 0.29) is 6.61 Å². The van der Waals surface area contributed by atoms with E-state index in [4.69, 9.17) is 5.11 Å². The van der Waals surface area contributed by atoms with E-state index in [1.54, 1.807) is 26.8 Å². The van der Waals surface area contributed by atoms with Gasteiger partial charge in [-0.15, -0.1) is 0 Å². The minimum atomic E-state index is -0.736. The Kier molecular flexibility index (Phi) is 5.21. The molecule has 0 amide bonds. The van der Waals surface area contributed by atoms with Gasteiger partial charge in [-0.2, -0.15) is 0 Å². The van der Waals surface area contributed by atoms with Crippen LogP contribution in [-0.4, -0.2) is 33.6 Å². The van der Waals surface area contributed by atoms with Crippen LogP contribution in [0.1, 0.15) is 33.6 Å². The molecule has 3 N–H and O–H groups in total.